The van der Waals surface area contributed by atoms with E-state index < -0.39 is 0 Å². The van der Waals surface area contributed by atoms with E-state index in [0.29, 0.717) is 6.54 Å². The minimum Gasteiger partial charge on any atom is -0.346 e. The van der Waals surface area contributed by atoms with Crippen LogP contribution in [0, 0.1) is 6.92 Å². The normalized spacial score (nSPS) is 10.8. The molecule has 0 unspecified atom stereocenters. The molecule has 0 aliphatic carbocycles. The van der Waals surface area contributed by atoms with E-state index in [-0.39, 0.29) is 0 Å². The summed E-state index contributed by atoms with van der Waals surface area (Å²) in [5, 5.41) is 3.13. The molecule has 0 fully saturated rings. The van der Waals surface area contributed by atoms with Crippen molar-refractivity contribution in [2.75, 3.05) is 11.9 Å². The van der Waals surface area contributed by atoms with E-state index in [1.54, 1.807) is 22.7 Å². The van der Waals surface area contributed by atoms with Gasteiger partial charge in [0.15, 0.2) is 5.13 Å². The molecule has 0 radical (unpaired) electrons. The van der Waals surface area contributed by atoms with Crippen LogP contribution in [0.4, 0.5) is 5.13 Å². The predicted molar refractivity (Wildman–Crippen MR) is 78.9 cm³/mol. The third-order valence-electron chi connectivity index (χ3n) is 2.41. The van der Waals surface area contributed by atoms with E-state index in [4.69, 9.17) is 5.73 Å². The smallest absolute Gasteiger partial charge is 0.185 e. The van der Waals surface area contributed by atoms with Gasteiger partial charge in [0.25, 0.3) is 0 Å². The van der Waals surface area contributed by atoms with Crippen LogP contribution in [0.5, 0.6) is 0 Å². The Morgan fingerprint density at radius 3 is 2.82 bits per heavy atom. The van der Waals surface area contributed by atoms with Gasteiger partial charge in [-0.3, -0.25) is 0 Å². The van der Waals surface area contributed by atoms with Crippen LogP contribution in [0.3, 0.4) is 0 Å². The van der Waals surface area contributed by atoms with Crippen LogP contribution < -0.4 is 10.6 Å². The monoisotopic (exact) mass is 331 g/mol. The van der Waals surface area contributed by atoms with E-state index in [2.05, 4.69) is 44.3 Å². The standard InChI is InChI=1S/C11H14BrN3S2/c1-7-10(4-13)17-11(14-7)15(2)5-9-3-8(12)6-16-9/h3,6H,4-5,13H2,1-2H3. The molecule has 2 rings (SSSR count). The molecule has 2 N–H and O–H groups in total. The number of nitrogens with two attached hydrogens (primary N) is 1. The largest absolute Gasteiger partial charge is 0.346 e. The number of aryl methyl sites for hydroxylation is 1. The Kier molecular flexibility index (Phi) is 4.19. The summed E-state index contributed by atoms with van der Waals surface area (Å²) < 4.78 is 1.14. The average molecular weight is 332 g/mol. The van der Waals surface area contributed by atoms with E-state index >= 15 is 0 Å². The topological polar surface area (TPSA) is 42.2 Å². The van der Waals surface area contributed by atoms with Gasteiger partial charge in [-0.15, -0.1) is 22.7 Å². The van der Waals surface area contributed by atoms with Crippen LogP contribution >= 0.6 is 38.6 Å². The molecule has 17 heavy (non-hydrogen) atoms. The molecule has 0 aliphatic heterocycles. The molecular formula is C11H14BrN3S2. The third kappa shape index (κ3) is 3.07. The molecule has 0 atom stereocenters. The van der Waals surface area contributed by atoms with Crippen molar-refractivity contribution in [2.24, 2.45) is 5.73 Å². The highest BCUT2D eigenvalue weighted by Crippen LogP contribution is 2.27. The molecule has 0 aromatic carbocycles. The first-order chi connectivity index (χ1) is 8.10. The summed E-state index contributed by atoms with van der Waals surface area (Å²) in [6, 6.07) is 2.14. The molecule has 0 spiro atoms. The highest BCUT2D eigenvalue weighted by Gasteiger charge is 2.11. The Morgan fingerprint density at radius 2 is 2.29 bits per heavy atom. The minimum absolute atomic E-state index is 0.571. The summed E-state index contributed by atoms with van der Waals surface area (Å²) in [5.74, 6) is 0. The molecule has 2 heterocycles. The van der Waals surface area contributed by atoms with Gasteiger partial charge < -0.3 is 10.6 Å². The highest BCUT2D eigenvalue weighted by molar-refractivity contribution is 9.10. The summed E-state index contributed by atoms with van der Waals surface area (Å²) in [6.07, 6.45) is 0. The maximum Gasteiger partial charge on any atom is 0.185 e. The fraction of sp³-hybridized carbons (Fsp3) is 0.364. The molecule has 0 saturated carbocycles. The molecule has 0 saturated heterocycles. The summed E-state index contributed by atoms with van der Waals surface area (Å²) >= 11 is 6.90. The molecular weight excluding hydrogens is 318 g/mol. The lowest BCUT2D eigenvalue weighted by Gasteiger charge is -2.13. The van der Waals surface area contributed by atoms with Gasteiger partial charge in [0.1, 0.15) is 0 Å². The van der Waals surface area contributed by atoms with Crippen LogP contribution in [0.2, 0.25) is 0 Å². The number of rotatable bonds is 4. The van der Waals surface area contributed by atoms with Crippen molar-refractivity contribution >= 4 is 43.7 Å². The second-order valence-electron chi connectivity index (χ2n) is 3.80. The Balaban J connectivity index is 2.11. The van der Waals surface area contributed by atoms with Gasteiger partial charge in [0.2, 0.25) is 0 Å². The van der Waals surface area contributed by atoms with Crippen LogP contribution in [0.1, 0.15) is 15.4 Å². The molecule has 2 aromatic heterocycles. The molecule has 6 heteroatoms. The number of aromatic nitrogens is 1. The zero-order valence-electron chi connectivity index (χ0n) is 9.74. The quantitative estimate of drug-likeness (QED) is 0.933. The Labute approximate surface area is 117 Å². The Morgan fingerprint density at radius 1 is 1.53 bits per heavy atom. The number of hydrogen-bond donors (Lipinski definition) is 1. The number of anilines is 1. The third-order valence-corrected chi connectivity index (χ3v) is 5.38. The number of nitrogens with zero attached hydrogens (tertiary/aromatic N) is 2. The predicted octanol–water partition coefficient (Wildman–Crippen LogP) is 3.37. The zero-order valence-corrected chi connectivity index (χ0v) is 13.0. The highest BCUT2D eigenvalue weighted by atomic mass is 79.9. The fourth-order valence-corrected chi connectivity index (χ4v) is 3.91. The molecule has 0 aliphatic rings. The first-order valence-corrected chi connectivity index (χ1v) is 7.69. The van der Waals surface area contributed by atoms with Crippen molar-refractivity contribution in [1.82, 2.24) is 4.98 Å². The van der Waals surface area contributed by atoms with Crippen molar-refractivity contribution in [3.63, 3.8) is 0 Å². The van der Waals surface area contributed by atoms with E-state index in [0.717, 1.165) is 21.8 Å². The lowest BCUT2D eigenvalue weighted by Crippen LogP contribution is -2.15. The molecule has 0 amide bonds. The van der Waals surface area contributed by atoms with Gasteiger partial charge in [-0.2, -0.15) is 0 Å². The van der Waals surface area contributed by atoms with Crippen molar-refractivity contribution in [3.05, 3.63) is 31.4 Å². The van der Waals surface area contributed by atoms with Crippen molar-refractivity contribution < 1.29 is 0 Å². The fourth-order valence-electron chi connectivity index (χ4n) is 1.50. The SMILES string of the molecule is Cc1nc(N(C)Cc2cc(Br)cs2)sc1CN. The maximum absolute atomic E-state index is 5.67. The maximum atomic E-state index is 5.67. The van der Waals surface area contributed by atoms with Gasteiger partial charge in [-0.05, 0) is 28.9 Å². The van der Waals surface area contributed by atoms with Gasteiger partial charge in [-0.1, -0.05) is 0 Å². The van der Waals surface area contributed by atoms with Gasteiger partial charge in [0, 0.05) is 33.2 Å². The Hall–Kier alpha value is -0.430. The average Bonchev–Trinajstić information content (AvgIpc) is 2.85. The van der Waals surface area contributed by atoms with Crippen molar-refractivity contribution in [1.29, 1.82) is 0 Å². The van der Waals surface area contributed by atoms with E-state index in [1.807, 2.05) is 6.92 Å². The van der Waals surface area contributed by atoms with Gasteiger partial charge in [-0.25, -0.2) is 4.98 Å². The number of halogens is 1. The van der Waals surface area contributed by atoms with Crippen LogP contribution in [-0.4, -0.2) is 12.0 Å². The summed E-state index contributed by atoms with van der Waals surface area (Å²) in [4.78, 5) is 9.19. The van der Waals surface area contributed by atoms with Crippen LogP contribution in [0.25, 0.3) is 0 Å². The first-order valence-electron chi connectivity index (χ1n) is 5.20. The van der Waals surface area contributed by atoms with E-state index in [9.17, 15) is 0 Å². The minimum atomic E-state index is 0.571. The van der Waals surface area contributed by atoms with E-state index in [1.165, 1.54) is 9.75 Å². The summed E-state index contributed by atoms with van der Waals surface area (Å²) in [6.45, 7) is 3.47. The molecule has 0 bridgehead atoms. The van der Waals surface area contributed by atoms with Gasteiger partial charge in [0.05, 0.1) is 12.2 Å². The molecule has 3 nitrogen and oxygen atoms in total. The number of hydrogen-bond acceptors (Lipinski definition) is 5. The first kappa shape index (κ1) is 13.0. The van der Waals surface area contributed by atoms with Gasteiger partial charge >= 0.3 is 0 Å². The lowest BCUT2D eigenvalue weighted by atomic mass is 10.4. The summed E-state index contributed by atoms with van der Waals surface area (Å²) in [7, 11) is 2.06. The number of thiazole rings is 1. The zero-order chi connectivity index (χ0) is 12.4. The number of thiophene rings is 1. The van der Waals surface area contributed by atoms with Crippen molar-refractivity contribution in [2.45, 2.75) is 20.0 Å². The summed E-state index contributed by atoms with van der Waals surface area (Å²) in [5.41, 5.74) is 6.72. The Bertz CT molecular complexity index is 507. The van der Waals surface area contributed by atoms with Crippen LogP contribution in [-0.2, 0) is 13.1 Å². The van der Waals surface area contributed by atoms with Crippen LogP contribution in [0.15, 0.2) is 15.9 Å². The molecule has 2 aromatic rings. The molecule has 92 valence electrons. The lowest BCUT2D eigenvalue weighted by molar-refractivity contribution is 0.924. The second kappa shape index (κ2) is 5.48. The second-order valence-corrected chi connectivity index (χ2v) is 6.77. The van der Waals surface area contributed by atoms with Crippen molar-refractivity contribution in [3.8, 4) is 0 Å².